The zero-order valence-corrected chi connectivity index (χ0v) is 19.9. The molecule has 2 heterocycles. The fraction of sp³-hybridized carbons (Fsp3) is 0.739. The monoisotopic (exact) mass is 446 g/mol. The maximum atomic E-state index is 13.3. The minimum Gasteiger partial charge on any atom is -0.351 e. The van der Waals surface area contributed by atoms with Gasteiger partial charge in [0.2, 0.25) is 5.91 Å². The Morgan fingerprint density at radius 3 is 2.53 bits per heavy atom. The van der Waals surface area contributed by atoms with Gasteiger partial charge >= 0.3 is 0 Å². The zero-order valence-electron chi connectivity index (χ0n) is 19.9. The van der Waals surface area contributed by atoms with E-state index in [1.165, 1.54) is 4.68 Å². The maximum absolute atomic E-state index is 13.3. The lowest BCUT2D eigenvalue weighted by Crippen LogP contribution is -2.65. The van der Waals surface area contributed by atoms with Crippen LogP contribution in [0, 0.1) is 0 Å². The van der Waals surface area contributed by atoms with Gasteiger partial charge in [-0.1, -0.05) is 33.6 Å². The Morgan fingerprint density at radius 2 is 1.91 bits per heavy atom. The van der Waals surface area contributed by atoms with E-state index in [0.717, 1.165) is 51.7 Å². The molecule has 1 atom stereocenters. The van der Waals surface area contributed by atoms with Gasteiger partial charge in [-0.2, -0.15) is 5.10 Å². The summed E-state index contributed by atoms with van der Waals surface area (Å²) in [5.41, 5.74) is -0.464. The number of likely N-dealkylation sites (N-methyl/N-ethyl adjacent to an activating group) is 1. The van der Waals surface area contributed by atoms with Crippen LogP contribution < -0.4 is 10.6 Å². The van der Waals surface area contributed by atoms with Gasteiger partial charge < -0.3 is 20.4 Å². The van der Waals surface area contributed by atoms with Crippen LogP contribution in [0.3, 0.4) is 0 Å². The van der Waals surface area contributed by atoms with E-state index in [4.69, 9.17) is 0 Å². The summed E-state index contributed by atoms with van der Waals surface area (Å²) in [7, 11) is 0. The van der Waals surface area contributed by atoms with Crippen LogP contribution in [0.4, 0.5) is 0 Å². The Labute approximate surface area is 190 Å². The molecule has 3 amide bonds. The third-order valence-corrected chi connectivity index (χ3v) is 6.77. The van der Waals surface area contributed by atoms with Crippen molar-refractivity contribution in [2.24, 2.45) is 0 Å². The highest BCUT2D eigenvalue weighted by atomic mass is 16.2. The van der Waals surface area contributed by atoms with E-state index in [1.807, 2.05) is 6.92 Å². The molecular weight excluding hydrogens is 408 g/mol. The third kappa shape index (κ3) is 4.98. The first-order valence-corrected chi connectivity index (χ1v) is 12.0. The molecule has 9 nitrogen and oxygen atoms in total. The molecule has 0 saturated heterocycles. The summed E-state index contributed by atoms with van der Waals surface area (Å²) in [6.07, 6.45) is 4.94. The topological polar surface area (TPSA) is 99.6 Å². The second-order valence-corrected chi connectivity index (χ2v) is 9.04. The number of hydrogen-bond acceptors (Lipinski definition) is 5. The van der Waals surface area contributed by atoms with Crippen LogP contribution >= 0.6 is 0 Å². The van der Waals surface area contributed by atoms with Crippen molar-refractivity contribution in [3.8, 4) is 0 Å². The number of rotatable bonds is 10. The summed E-state index contributed by atoms with van der Waals surface area (Å²) < 4.78 is 1.53. The van der Waals surface area contributed by atoms with Crippen molar-refractivity contribution >= 4 is 17.7 Å². The van der Waals surface area contributed by atoms with Crippen LogP contribution in [0.1, 0.15) is 80.8 Å². The van der Waals surface area contributed by atoms with E-state index >= 15 is 0 Å². The van der Waals surface area contributed by atoms with Crippen molar-refractivity contribution in [3.63, 3.8) is 0 Å². The highest BCUT2D eigenvalue weighted by Crippen LogP contribution is 2.29. The summed E-state index contributed by atoms with van der Waals surface area (Å²) in [6, 6.07) is 1.72. The molecule has 9 heteroatoms. The number of carbonyl (C=O) groups excluding carboxylic acids is 3. The number of hydrogen-bond donors (Lipinski definition) is 2. The minimum absolute atomic E-state index is 0.141. The van der Waals surface area contributed by atoms with E-state index in [2.05, 4.69) is 34.5 Å². The second kappa shape index (κ2) is 10.5. The molecule has 0 spiro atoms. The van der Waals surface area contributed by atoms with Gasteiger partial charge in [-0.05, 0) is 39.3 Å². The highest BCUT2D eigenvalue weighted by Gasteiger charge is 2.48. The zero-order chi connectivity index (χ0) is 23.3. The summed E-state index contributed by atoms with van der Waals surface area (Å²) in [4.78, 5) is 43.1. The van der Waals surface area contributed by atoms with Crippen LogP contribution in [0.2, 0.25) is 0 Å². The van der Waals surface area contributed by atoms with Crippen LogP contribution in [0.25, 0.3) is 0 Å². The van der Waals surface area contributed by atoms with Gasteiger partial charge in [0.05, 0.1) is 6.54 Å². The number of nitrogens with one attached hydrogen (secondary N) is 2. The van der Waals surface area contributed by atoms with Crippen LogP contribution in [0.5, 0.6) is 0 Å². The minimum atomic E-state index is -1.04. The molecule has 1 fully saturated rings. The lowest BCUT2D eigenvalue weighted by atomic mass is 9.94. The molecule has 1 saturated carbocycles. The number of amides is 3. The lowest BCUT2D eigenvalue weighted by molar-refractivity contribution is -0.133. The summed E-state index contributed by atoms with van der Waals surface area (Å²) >= 11 is 0. The molecule has 178 valence electrons. The molecule has 0 aromatic carbocycles. The molecule has 1 aliphatic heterocycles. The molecule has 0 radical (unpaired) electrons. The highest BCUT2D eigenvalue weighted by molar-refractivity contribution is 6.01. The normalized spacial score (nSPS) is 21.2. The Morgan fingerprint density at radius 1 is 1.22 bits per heavy atom. The number of carbonyl (C=O) groups is 3. The molecular formula is C23H38N6O3. The smallest absolute Gasteiger partial charge is 0.273 e. The quantitative estimate of drug-likeness (QED) is 0.569. The Kier molecular flexibility index (Phi) is 7.92. The number of fused-ring (bicyclic) bond motifs is 1. The maximum Gasteiger partial charge on any atom is 0.273 e. The molecule has 2 N–H and O–H groups in total. The summed E-state index contributed by atoms with van der Waals surface area (Å²) in [5.74, 6) is -0.694. The molecule has 1 aliphatic carbocycles. The lowest BCUT2D eigenvalue weighted by Gasteiger charge is -2.43. The Hall–Kier alpha value is -2.42. The van der Waals surface area contributed by atoms with Gasteiger partial charge in [-0.15, -0.1) is 0 Å². The molecule has 3 rings (SSSR count). The SMILES string of the molecule is CCCN1C(=O)c2cc(C(=O)NCCN(CC)CC)nn2C[C@]1(C)C(=O)NC1CCCC1. The van der Waals surface area contributed by atoms with Crippen molar-refractivity contribution in [3.05, 3.63) is 17.5 Å². The van der Waals surface area contributed by atoms with Crippen molar-refractivity contribution in [2.75, 3.05) is 32.7 Å². The van der Waals surface area contributed by atoms with Gasteiger partial charge in [-0.25, -0.2) is 0 Å². The predicted octanol–water partition coefficient (Wildman–Crippen LogP) is 1.64. The van der Waals surface area contributed by atoms with Gasteiger partial charge in [0.1, 0.15) is 11.2 Å². The Balaban J connectivity index is 1.76. The van der Waals surface area contributed by atoms with E-state index in [9.17, 15) is 14.4 Å². The third-order valence-electron chi connectivity index (χ3n) is 6.77. The van der Waals surface area contributed by atoms with Crippen molar-refractivity contribution in [1.29, 1.82) is 0 Å². The van der Waals surface area contributed by atoms with Crippen molar-refractivity contribution < 1.29 is 14.4 Å². The van der Waals surface area contributed by atoms with Crippen molar-refractivity contribution in [2.45, 2.75) is 77.9 Å². The standard InChI is InChI=1S/C23H38N6O3/c1-5-13-28-21(31)19-15-18(20(30)24-12-14-27(6-2)7-3)26-29(19)16-23(28,4)22(32)25-17-10-8-9-11-17/h15,17H,5-14,16H2,1-4H3,(H,24,30)(H,25,32)/t23-/m1/s1. The average molecular weight is 447 g/mol. The van der Waals surface area contributed by atoms with Gasteiger partial charge in [0.15, 0.2) is 5.69 Å². The van der Waals surface area contributed by atoms with Gasteiger partial charge in [-0.3, -0.25) is 19.1 Å². The first-order valence-electron chi connectivity index (χ1n) is 12.0. The number of nitrogens with zero attached hydrogens (tertiary/aromatic N) is 4. The van der Waals surface area contributed by atoms with Crippen LogP contribution in [-0.2, 0) is 11.3 Å². The fourth-order valence-electron chi connectivity index (χ4n) is 4.70. The van der Waals surface area contributed by atoms with Crippen LogP contribution in [0.15, 0.2) is 6.07 Å². The van der Waals surface area contributed by atoms with Crippen molar-refractivity contribution in [1.82, 2.24) is 30.2 Å². The predicted molar refractivity (Wildman–Crippen MR) is 122 cm³/mol. The van der Waals surface area contributed by atoms with E-state index in [1.54, 1.807) is 17.9 Å². The first-order chi connectivity index (χ1) is 15.3. The van der Waals surface area contributed by atoms with Crippen LogP contribution in [-0.4, -0.2) is 81.6 Å². The largest absolute Gasteiger partial charge is 0.351 e. The van der Waals surface area contributed by atoms with E-state index in [0.29, 0.717) is 18.8 Å². The molecule has 2 aliphatic rings. The molecule has 32 heavy (non-hydrogen) atoms. The fourth-order valence-corrected chi connectivity index (χ4v) is 4.70. The summed E-state index contributed by atoms with van der Waals surface area (Å²) in [6.45, 7) is 11.8. The Bertz CT molecular complexity index is 828. The van der Waals surface area contributed by atoms with Gasteiger partial charge in [0.25, 0.3) is 11.8 Å². The molecule has 1 aromatic heterocycles. The summed E-state index contributed by atoms with van der Waals surface area (Å²) in [5, 5.41) is 10.4. The first kappa shape index (κ1) is 24.2. The molecule has 0 bridgehead atoms. The molecule has 1 aromatic rings. The van der Waals surface area contributed by atoms with Gasteiger partial charge in [0, 0.05) is 31.7 Å². The molecule has 0 unspecified atom stereocenters. The second-order valence-electron chi connectivity index (χ2n) is 9.04. The average Bonchev–Trinajstić information content (AvgIpc) is 3.44. The van der Waals surface area contributed by atoms with E-state index < -0.39 is 5.54 Å². The number of aromatic nitrogens is 2. The van der Waals surface area contributed by atoms with E-state index in [-0.39, 0.29) is 36.0 Å².